The predicted octanol–water partition coefficient (Wildman–Crippen LogP) is -1.67. The molecule has 5 heteroatoms. The average molecular weight is 174 g/mol. The second-order valence-electron chi connectivity index (χ2n) is 2.83. The van der Waals surface area contributed by atoms with Crippen LogP contribution >= 0.6 is 0 Å². The van der Waals surface area contributed by atoms with E-state index in [2.05, 4.69) is 15.6 Å². The summed E-state index contributed by atoms with van der Waals surface area (Å²) in [4.78, 5) is 2.38. The summed E-state index contributed by atoms with van der Waals surface area (Å²) in [7, 11) is 0. The van der Waals surface area contributed by atoms with Gasteiger partial charge in [-0.2, -0.15) is 0 Å². The largest absolute Gasteiger partial charge is 0.379 e. The molecular weight excluding hydrogens is 156 g/mol. The van der Waals surface area contributed by atoms with Gasteiger partial charge >= 0.3 is 0 Å². The molecule has 0 aliphatic carbocycles. The van der Waals surface area contributed by atoms with Crippen molar-refractivity contribution in [2.45, 2.75) is 0 Å². The standard InChI is InChI=1S/C7H18N4O/c8-10-7-9-1-2-11-3-5-12-6-4-11/h9-10H,1-8H2. The summed E-state index contributed by atoms with van der Waals surface area (Å²) >= 11 is 0. The quantitative estimate of drug-likeness (QED) is 0.201. The summed E-state index contributed by atoms with van der Waals surface area (Å²) in [6.45, 7) is 6.57. The molecule has 1 rings (SSSR count). The zero-order valence-corrected chi connectivity index (χ0v) is 7.38. The molecule has 1 aliphatic heterocycles. The van der Waals surface area contributed by atoms with E-state index >= 15 is 0 Å². The van der Waals surface area contributed by atoms with Gasteiger partial charge in [-0.3, -0.25) is 10.7 Å². The van der Waals surface area contributed by atoms with Crippen LogP contribution in [0.25, 0.3) is 0 Å². The molecule has 0 spiro atoms. The SMILES string of the molecule is NNCNCCN1CCOCC1. The van der Waals surface area contributed by atoms with Crippen molar-refractivity contribution in [3.63, 3.8) is 0 Å². The summed E-state index contributed by atoms with van der Waals surface area (Å²) in [6.07, 6.45) is 0. The fourth-order valence-corrected chi connectivity index (χ4v) is 1.22. The topological polar surface area (TPSA) is 62.5 Å². The van der Waals surface area contributed by atoms with Crippen LogP contribution in [0.15, 0.2) is 0 Å². The first-order chi connectivity index (χ1) is 5.93. The fraction of sp³-hybridized carbons (Fsp3) is 1.00. The van der Waals surface area contributed by atoms with E-state index < -0.39 is 0 Å². The Morgan fingerprint density at radius 1 is 1.33 bits per heavy atom. The number of hydrazine groups is 1. The Morgan fingerprint density at radius 2 is 2.08 bits per heavy atom. The Hall–Kier alpha value is -0.200. The van der Waals surface area contributed by atoms with Crippen LogP contribution in [0.4, 0.5) is 0 Å². The molecule has 12 heavy (non-hydrogen) atoms. The van der Waals surface area contributed by atoms with Gasteiger partial charge in [0.05, 0.1) is 19.9 Å². The number of nitrogens with zero attached hydrogens (tertiary/aromatic N) is 1. The monoisotopic (exact) mass is 174 g/mol. The van der Waals surface area contributed by atoms with Gasteiger partial charge in [-0.25, -0.2) is 5.43 Å². The maximum atomic E-state index is 5.23. The maximum Gasteiger partial charge on any atom is 0.0594 e. The number of nitrogens with one attached hydrogen (secondary N) is 2. The van der Waals surface area contributed by atoms with Crippen molar-refractivity contribution < 1.29 is 4.74 Å². The number of rotatable bonds is 5. The van der Waals surface area contributed by atoms with Crippen molar-refractivity contribution in [3.05, 3.63) is 0 Å². The van der Waals surface area contributed by atoms with Crippen molar-refractivity contribution in [3.8, 4) is 0 Å². The molecule has 0 saturated carbocycles. The Kier molecular flexibility index (Phi) is 5.21. The van der Waals surface area contributed by atoms with E-state index in [1.54, 1.807) is 0 Å². The van der Waals surface area contributed by atoms with Crippen LogP contribution in [0, 0.1) is 0 Å². The lowest BCUT2D eigenvalue weighted by molar-refractivity contribution is 0.0384. The van der Waals surface area contributed by atoms with Gasteiger partial charge in [0.25, 0.3) is 0 Å². The third-order valence-corrected chi connectivity index (χ3v) is 1.94. The minimum Gasteiger partial charge on any atom is -0.379 e. The summed E-state index contributed by atoms with van der Waals surface area (Å²) in [5.74, 6) is 5.10. The van der Waals surface area contributed by atoms with Gasteiger partial charge < -0.3 is 10.1 Å². The lowest BCUT2D eigenvalue weighted by Crippen LogP contribution is -2.42. The Labute approximate surface area is 73.2 Å². The molecule has 0 amide bonds. The molecule has 0 atom stereocenters. The number of nitrogens with two attached hydrogens (primary N) is 1. The van der Waals surface area contributed by atoms with Crippen molar-refractivity contribution in [2.75, 3.05) is 46.1 Å². The Morgan fingerprint density at radius 3 is 2.75 bits per heavy atom. The maximum absolute atomic E-state index is 5.23. The highest BCUT2D eigenvalue weighted by molar-refractivity contribution is 4.62. The summed E-state index contributed by atoms with van der Waals surface area (Å²) in [5, 5.41) is 3.16. The van der Waals surface area contributed by atoms with Crippen LogP contribution in [0.1, 0.15) is 0 Å². The van der Waals surface area contributed by atoms with E-state index in [0.29, 0.717) is 6.67 Å². The molecule has 0 aromatic carbocycles. The molecule has 5 nitrogen and oxygen atoms in total. The van der Waals surface area contributed by atoms with Crippen LogP contribution < -0.4 is 16.6 Å². The summed E-state index contributed by atoms with van der Waals surface area (Å²) in [5.41, 5.74) is 2.55. The smallest absolute Gasteiger partial charge is 0.0594 e. The zero-order valence-electron chi connectivity index (χ0n) is 7.38. The first-order valence-electron chi connectivity index (χ1n) is 4.38. The van der Waals surface area contributed by atoms with Crippen LogP contribution in [-0.2, 0) is 4.74 Å². The third kappa shape index (κ3) is 3.99. The molecule has 1 aliphatic rings. The minimum absolute atomic E-state index is 0.671. The van der Waals surface area contributed by atoms with E-state index in [4.69, 9.17) is 10.6 Å². The summed E-state index contributed by atoms with van der Waals surface area (Å²) in [6, 6.07) is 0. The van der Waals surface area contributed by atoms with E-state index in [1.807, 2.05) is 0 Å². The van der Waals surface area contributed by atoms with Gasteiger partial charge in [0, 0.05) is 26.2 Å². The highest BCUT2D eigenvalue weighted by Gasteiger charge is 2.08. The second kappa shape index (κ2) is 6.33. The first-order valence-corrected chi connectivity index (χ1v) is 4.38. The van der Waals surface area contributed by atoms with Crippen LogP contribution in [-0.4, -0.2) is 51.0 Å². The predicted molar refractivity (Wildman–Crippen MR) is 47.5 cm³/mol. The Balaban J connectivity index is 1.91. The highest BCUT2D eigenvalue weighted by atomic mass is 16.5. The third-order valence-electron chi connectivity index (χ3n) is 1.94. The lowest BCUT2D eigenvalue weighted by Gasteiger charge is -2.26. The van der Waals surface area contributed by atoms with Gasteiger partial charge in [-0.15, -0.1) is 0 Å². The molecule has 0 aromatic rings. The van der Waals surface area contributed by atoms with E-state index in [-0.39, 0.29) is 0 Å². The highest BCUT2D eigenvalue weighted by Crippen LogP contribution is 1.94. The van der Waals surface area contributed by atoms with Gasteiger partial charge in [0.2, 0.25) is 0 Å². The van der Waals surface area contributed by atoms with Crippen molar-refractivity contribution >= 4 is 0 Å². The number of morpholine rings is 1. The zero-order chi connectivity index (χ0) is 8.65. The van der Waals surface area contributed by atoms with Crippen LogP contribution in [0.2, 0.25) is 0 Å². The molecular formula is C7H18N4O. The first kappa shape index (κ1) is 9.88. The number of hydrogen-bond acceptors (Lipinski definition) is 5. The van der Waals surface area contributed by atoms with Crippen molar-refractivity contribution in [2.24, 2.45) is 5.84 Å². The molecule has 72 valence electrons. The molecule has 0 unspecified atom stereocenters. The van der Waals surface area contributed by atoms with Crippen molar-refractivity contribution in [1.29, 1.82) is 0 Å². The lowest BCUT2D eigenvalue weighted by atomic mass is 10.4. The Bertz CT molecular complexity index is 106. The molecule has 0 bridgehead atoms. The van der Waals surface area contributed by atoms with E-state index in [0.717, 1.165) is 39.4 Å². The fourth-order valence-electron chi connectivity index (χ4n) is 1.22. The number of hydrogen-bond donors (Lipinski definition) is 3. The normalized spacial score (nSPS) is 19.8. The summed E-state index contributed by atoms with van der Waals surface area (Å²) < 4.78 is 5.23. The number of ether oxygens (including phenoxy) is 1. The average Bonchev–Trinajstić information content (AvgIpc) is 2.14. The minimum atomic E-state index is 0.671. The van der Waals surface area contributed by atoms with Gasteiger partial charge in [-0.1, -0.05) is 0 Å². The molecule has 0 aromatic heterocycles. The van der Waals surface area contributed by atoms with Crippen LogP contribution in [0.5, 0.6) is 0 Å². The second-order valence-corrected chi connectivity index (χ2v) is 2.83. The van der Waals surface area contributed by atoms with Gasteiger partial charge in [0.1, 0.15) is 0 Å². The van der Waals surface area contributed by atoms with Gasteiger partial charge in [0.15, 0.2) is 0 Å². The molecule has 4 N–H and O–H groups in total. The molecule has 1 saturated heterocycles. The van der Waals surface area contributed by atoms with Gasteiger partial charge in [-0.05, 0) is 0 Å². The van der Waals surface area contributed by atoms with E-state index in [9.17, 15) is 0 Å². The molecule has 0 radical (unpaired) electrons. The van der Waals surface area contributed by atoms with Crippen LogP contribution in [0.3, 0.4) is 0 Å². The molecule has 1 heterocycles. The molecule has 1 fully saturated rings. The van der Waals surface area contributed by atoms with E-state index in [1.165, 1.54) is 0 Å². The van der Waals surface area contributed by atoms with Crippen molar-refractivity contribution in [1.82, 2.24) is 15.6 Å².